The standard InChI is InChI=1S/C9H7ClF2O3/c10-6-2-1-5(3-8(13)14)7(4-6)15-9(11)12/h1-2,4,9H,3H2,(H,13,14). The molecule has 1 aromatic carbocycles. The lowest BCUT2D eigenvalue weighted by Crippen LogP contribution is -2.07. The molecule has 82 valence electrons. The summed E-state index contributed by atoms with van der Waals surface area (Å²) in [5.74, 6) is -1.34. The largest absolute Gasteiger partial charge is 0.481 e. The molecule has 0 radical (unpaired) electrons. The molecule has 0 heterocycles. The summed E-state index contributed by atoms with van der Waals surface area (Å²) in [6.45, 7) is -3.00. The molecule has 3 nitrogen and oxygen atoms in total. The van der Waals surface area contributed by atoms with Gasteiger partial charge in [0.1, 0.15) is 5.75 Å². The molecule has 0 fully saturated rings. The Balaban J connectivity index is 2.97. The summed E-state index contributed by atoms with van der Waals surface area (Å²) in [5.41, 5.74) is 0.159. The Hall–Kier alpha value is -1.36. The first-order valence-electron chi connectivity index (χ1n) is 3.94. The van der Waals surface area contributed by atoms with Crippen LogP contribution >= 0.6 is 11.6 Å². The summed E-state index contributed by atoms with van der Waals surface area (Å²) in [5, 5.41) is 8.73. The van der Waals surface area contributed by atoms with Gasteiger partial charge in [-0.3, -0.25) is 4.79 Å². The van der Waals surface area contributed by atoms with Crippen LogP contribution in [0.5, 0.6) is 5.75 Å². The van der Waals surface area contributed by atoms with Gasteiger partial charge in [0, 0.05) is 10.6 Å². The maximum Gasteiger partial charge on any atom is 0.387 e. The third kappa shape index (κ3) is 3.71. The molecule has 0 unspecified atom stereocenters. The van der Waals surface area contributed by atoms with Crippen molar-refractivity contribution in [2.45, 2.75) is 13.0 Å². The van der Waals surface area contributed by atoms with Crippen molar-refractivity contribution in [2.75, 3.05) is 0 Å². The Morgan fingerprint density at radius 3 is 2.73 bits per heavy atom. The summed E-state index contributed by atoms with van der Waals surface area (Å²) in [6.07, 6.45) is -0.390. The average molecular weight is 237 g/mol. The molecule has 0 aliphatic carbocycles. The van der Waals surface area contributed by atoms with Crippen LogP contribution in [0.3, 0.4) is 0 Å². The third-order valence-corrected chi connectivity index (χ3v) is 1.82. The maximum atomic E-state index is 12.0. The van der Waals surface area contributed by atoms with Crippen molar-refractivity contribution in [3.8, 4) is 5.75 Å². The van der Waals surface area contributed by atoms with Crippen molar-refractivity contribution in [3.63, 3.8) is 0 Å². The molecule has 0 spiro atoms. The van der Waals surface area contributed by atoms with Gasteiger partial charge in [0.05, 0.1) is 6.42 Å². The minimum atomic E-state index is -3.00. The molecule has 6 heteroatoms. The minimum Gasteiger partial charge on any atom is -0.481 e. The molecule has 0 saturated carbocycles. The second-order valence-electron chi connectivity index (χ2n) is 2.70. The van der Waals surface area contributed by atoms with E-state index >= 15 is 0 Å². The number of hydrogen-bond acceptors (Lipinski definition) is 2. The summed E-state index contributed by atoms with van der Waals surface area (Å²) >= 11 is 5.56. The molecule has 0 aromatic heterocycles. The highest BCUT2D eigenvalue weighted by Crippen LogP contribution is 2.25. The number of aliphatic carboxylic acids is 1. The lowest BCUT2D eigenvalue weighted by atomic mass is 10.1. The fraction of sp³-hybridized carbons (Fsp3) is 0.222. The summed E-state index contributed by atoms with van der Waals surface area (Å²) in [7, 11) is 0. The van der Waals surface area contributed by atoms with Crippen molar-refractivity contribution in [2.24, 2.45) is 0 Å². The van der Waals surface area contributed by atoms with Gasteiger partial charge in [-0.2, -0.15) is 8.78 Å². The van der Waals surface area contributed by atoms with Gasteiger partial charge < -0.3 is 9.84 Å². The van der Waals surface area contributed by atoms with E-state index in [4.69, 9.17) is 16.7 Å². The van der Waals surface area contributed by atoms with Crippen LogP contribution in [0.15, 0.2) is 18.2 Å². The Labute approximate surface area is 89.2 Å². The Morgan fingerprint density at radius 2 is 2.20 bits per heavy atom. The highest BCUT2D eigenvalue weighted by molar-refractivity contribution is 6.30. The second-order valence-corrected chi connectivity index (χ2v) is 3.14. The minimum absolute atomic E-state index is 0.159. The fourth-order valence-electron chi connectivity index (χ4n) is 1.04. The molecule has 0 bridgehead atoms. The number of ether oxygens (including phenoxy) is 1. The summed E-state index contributed by atoms with van der Waals surface area (Å²) in [6, 6.07) is 3.91. The van der Waals surface area contributed by atoms with Gasteiger partial charge in [-0.25, -0.2) is 0 Å². The van der Waals surface area contributed by atoms with Crippen LogP contribution in [0.1, 0.15) is 5.56 Å². The lowest BCUT2D eigenvalue weighted by Gasteiger charge is -2.09. The van der Waals surface area contributed by atoms with Crippen LogP contribution in [-0.2, 0) is 11.2 Å². The second kappa shape index (κ2) is 4.93. The number of carbonyl (C=O) groups is 1. The molecule has 0 aliphatic rings. The summed E-state index contributed by atoms with van der Waals surface area (Å²) < 4.78 is 28.1. The number of halogens is 3. The topological polar surface area (TPSA) is 46.5 Å². The van der Waals surface area contributed by atoms with Gasteiger partial charge in [-0.1, -0.05) is 17.7 Å². The van der Waals surface area contributed by atoms with Crippen molar-refractivity contribution in [3.05, 3.63) is 28.8 Å². The van der Waals surface area contributed by atoms with Gasteiger partial charge in [-0.15, -0.1) is 0 Å². The number of alkyl halides is 2. The SMILES string of the molecule is O=C(O)Cc1ccc(Cl)cc1OC(F)F. The van der Waals surface area contributed by atoms with Crippen molar-refractivity contribution in [1.82, 2.24) is 0 Å². The quantitative estimate of drug-likeness (QED) is 0.874. The average Bonchev–Trinajstić information content (AvgIpc) is 2.08. The van der Waals surface area contributed by atoms with Gasteiger partial charge in [0.15, 0.2) is 0 Å². The smallest absolute Gasteiger partial charge is 0.387 e. The van der Waals surface area contributed by atoms with E-state index in [1.54, 1.807) is 0 Å². The van der Waals surface area contributed by atoms with E-state index in [2.05, 4.69) is 4.74 Å². The first-order valence-corrected chi connectivity index (χ1v) is 4.32. The molecule has 1 rings (SSSR count). The molecule has 0 amide bonds. The van der Waals surface area contributed by atoms with Gasteiger partial charge >= 0.3 is 12.6 Å². The molecule has 0 aliphatic heterocycles. The highest BCUT2D eigenvalue weighted by Gasteiger charge is 2.12. The Morgan fingerprint density at radius 1 is 1.53 bits per heavy atom. The van der Waals surface area contributed by atoms with E-state index in [-0.39, 0.29) is 22.8 Å². The van der Waals surface area contributed by atoms with Crippen LogP contribution in [0.25, 0.3) is 0 Å². The Bertz CT molecular complexity index is 368. The van der Waals surface area contributed by atoms with Crippen molar-refractivity contribution >= 4 is 17.6 Å². The van der Waals surface area contributed by atoms with Gasteiger partial charge in [0.2, 0.25) is 0 Å². The van der Waals surface area contributed by atoms with E-state index in [0.717, 1.165) is 6.07 Å². The molecular formula is C9H7ClF2O3. The zero-order valence-corrected chi connectivity index (χ0v) is 8.17. The molecule has 1 aromatic rings. The molecule has 0 atom stereocenters. The zero-order chi connectivity index (χ0) is 11.4. The summed E-state index contributed by atoms with van der Waals surface area (Å²) in [4.78, 5) is 10.4. The van der Waals surface area contributed by atoms with Crippen LogP contribution in [0.4, 0.5) is 8.78 Å². The van der Waals surface area contributed by atoms with Crippen molar-refractivity contribution < 1.29 is 23.4 Å². The molecular weight excluding hydrogens is 230 g/mol. The van der Waals surface area contributed by atoms with E-state index < -0.39 is 12.6 Å². The number of carboxylic acid groups (broad SMARTS) is 1. The monoisotopic (exact) mass is 236 g/mol. The van der Waals surface area contributed by atoms with Crippen LogP contribution in [0.2, 0.25) is 5.02 Å². The number of hydrogen-bond donors (Lipinski definition) is 1. The number of rotatable bonds is 4. The van der Waals surface area contributed by atoms with Crippen LogP contribution in [-0.4, -0.2) is 17.7 Å². The molecule has 15 heavy (non-hydrogen) atoms. The lowest BCUT2D eigenvalue weighted by molar-refractivity contribution is -0.136. The maximum absolute atomic E-state index is 12.0. The van der Waals surface area contributed by atoms with Crippen LogP contribution in [0, 0.1) is 0 Å². The predicted octanol–water partition coefficient (Wildman–Crippen LogP) is 2.57. The van der Waals surface area contributed by atoms with Gasteiger partial charge in [-0.05, 0) is 12.1 Å². The number of carboxylic acids is 1. The van der Waals surface area contributed by atoms with Crippen molar-refractivity contribution in [1.29, 1.82) is 0 Å². The normalized spacial score (nSPS) is 10.4. The zero-order valence-electron chi connectivity index (χ0n) is 7.41. The number of benzene rings is 1. The Kier molecular flexibility index (Phi) is 3.85. The predicted molar refractivity (Wildman–Crippen MR) is 49.4 cm³/mol. The molecule has 1 N–H and O–H groups in total. The van der Waals surface area contributed by atoms with E-state index in [0.29, 0.717) is 0 Å². The van der Waals surface area contributed by atoms with E-state index in [9.17, 15) is 13.6 Å². The fourth-order valence-corrected chi connectivity index (χ4v) is 1.21. The van der Waals surface area contributed by atoms with Gasteiger partial charge in [0.25, 0.3) is 0 Å². The molecule has 0 saturated heterocycles. The van der Waals surface area contributed by atoms with Crippen LogP contribution < -0.4 is 4.74 Å². The highest BCUT2D eigenvalue weighted by atomic mass is 35.5. The third-order valence-electron chi connectivity index (χ3n) is 1.59. The van der Waals surface area contributed by atoms with E-state index in [1.807, 2.05) is 0 Å². The van der Waals surface area contributed by atoms with E-state index in [1.165, 1.54) is 12.1 Å². The first-order chi connectivity index (χ1) is 6.99. The first kappa shape index (κ1) is 11.7.